The molecule has 11 heavy (non-hydrogen) atoms. The summed E-state index contributed by atoms with van der Waals surface area (Å²) < 4.78 is 0. The summed E-state index contributed by atoms with van der Waals surface area (Å²) in [6.45, 7) is 5.99. The summed E-state index contributed by atoms with van der Waals surface area (Å²) in [5, 5.41) is 0.878. The molecular weight excluding hydrogens is 174 g/mol. The predicted molar refractivity (Wildman–Crippen MR) is 56.8 cm³/mol. The van der Waals surface area contributed by atoms with E-state index in [-0.39, 0.29) is 0 Å². The maximum atomic E-state index is 4.24. The maximum absolute atomic E-state index is 4.24. The molecule has 1 rings (SSSR count). The first kappa shape index (κ1) is 9.75. The second-order valence-corrected chi connectivity index (χ2v) is 4.78. The van der Waals surface area contributed by atoms with Crippen molar-refractivity contribution < 1.29 is 0 Å². The van der Waals surface area contributed by atoms with Gasteiger partial charge < -0.3 is 4.90 Å². The summed E-state index contributed by atoms with van der Waals surface area (Å²) in [6.07, 6.45) is 1.31. The van der Waals surface area contributed by atoms with Gasteiger partial charge in [0.25, 0.3) is 0 Å². The van der Waals surface area contributed by atoms with E-state index in [2.05, 4.69) is 36.2 Å². The smallest absolute Gasteiger partial charge is 0.0172 e. The van der Waals surface area contributed by atoms with Crippen LogP contribution in [0.2, 0.25) is 0 Å². The zero-order chi connectivity index (χ0) is 8.10. The minimum Gasteiger partial charge on any atom is -0.301 e. The van der Waals surface area contributed by atoms with Crippen LogP contribution in [-0.4, -0.2) is 41.3 Å². The standard InChI is InChI=1S/C8H17NS2/c1-2-8-7-9(3-5-10)4-6-11-8/h8,10H,2-7H2,1H3. The first-order valence-corrected chi connectivity index (χ1v) is 5.99. The van der Waals surface area contributed by atoms with Gasteiger partial charge in [0.2, 0.25) is 0 Å². The van der Waals surface area contributed by atoms with E-state index in [9.17, 15) is 0 Å². The van der Waals surface area contributed by atoms with Gasteiger partial charge in [-0.05, 0) is 6.42 Å². The quantitative estimate of drug-likeness (QED) is 0.677. The van der Waals surface area contributed by atoms with E-state index in [4.69, 9.17) is 0 Å². The van der Waals surface area contributed by atoms with Crippen molar-refractivity contribution in [2.75, 3.05) is 31.1 Å². The van der Waals surface area contributed by atoms with E-state index >= 15 is 0 Å². The van der Waals surface area contributed by atoms with Gasteiger partial charge in [-0.25, -0.2) is 0 Å². The lowest BCUT2D eigenvalue weighted by Crippen LogP contribution is -2.38. The minimum atomic E-state index is 0.878. The Morgan fingerprint density at radius 3 is 3.09 bits per heavy atom. The molecule has 3 heteroatoms. The predicted octanol–water partition coefficient (Wildman–Crippen LogP) is 1.74. The van der Waals surface area contributed by atoms with E-state index < -0.39 is 0 Å². The van der Waals surface area contributed by atoms with Crippen molar-refractivity contribution in [1.82, 2.24) is 4.90 Å². The van der Waals surface area contributed by atoms with Crippen LogP contribution >= 0.6 is 24.4 Å². The summed E-state index contributed by atoms with van der Waals surface area (Å²) in [5.41, 5.74) is 0. The number of nitrogens with zero attached hydrogens (tertiary/aromatic N) is 1. The zero-order valence-corrected chi connectivity index (χ0v) is 8.83. The second kappa shape index (κ2) is 5.33. The first-order valence-electron chi connectivity index (χ1n) is 4.31. The summed E-state index contributed by atoms with van der Waals surface area (Å²) >= 11 is 6.37. The lowest BCUT2D eigenvalue weighted by Gasteiger charge is -2.31. The molecule has 1 nitrogen and oxygen atoms in total. The van der Waals surface area contributed by atoms with Gasteiger partial charge in [0.05, 0.1) is 0 Å². The van der Waals surface area contributed by atoms with Gasteiger partial charge >= 0.3 is 0 Å². The molecule has 0 radical (unpaired) electrons. The van der Waals surface area contributed by atoms with E-state index in [1.807, 2.05) is 0 Å². The Bertz CT molecular complexity index is 106. The molecular formula is C8H17NS2. The molecule has 0 spiro atoms. The Labute approximate surface area is 79.3 Å². The molecule has 0 saturated carbocycles. The second-order valence-electron chi connectivity index (χ2n) is 2.93. The molecule has 0 aromatic carbocycles. The average Bonchev–Trinajstić information content (AvgIpc) is 2.06. The summed E-state index contributed by atoms with van der Waals surface area (Å²) in [4.78, 5) is 2.53. The van der Waals surface area contributed by atoms with Crippen LogP contribution in [0.3, 0.4) is 0 Å². The Hall–Kier alpha value is 0.660. The molecule has 0 amide bonds. The Morgan fingerprint density at radius 2 is 2.45 bits per heavy atom. The Morgan fingerprint density at radius 1 is 1.64 bits per heavy atom. The number of hydrogen-bond donors (Lipinski definition) is 1. The number of rotatable bonds is 3. The molecule has 0 N–H and O–H groups in total. The molecule has 0 bridgehead atoms. The van der Waals surface area contributed by atoms with Crippen LogP contribution in [0, 0.1) is 0 Å². The molecule has 1 atom stereocenters. The van der Waals surface area contributed by atoms with Gasteiger partial charge in [0.15, 0.2) is 0 Å². The normalized spacial score (nSPS) is 27.3. The first-order chi connectivity index (χ1) is 5.36. The van der Waals surface area contributed by atoms with Gasteiger partial charge in [-0.3, -0.25) is 0 Å². The van der Waals surface area contributed by atoms with Crippen molar-refractivity contribution in [3.8, 4) is 0 Å². The van der Waals surface area contributed by atoms with Crippen molar-refractivity contribution in [2.24, 2.45) is 0 Å². The van der Waals surface area contributed by atoms with Crippen LogP contribution in [0.4, 0.5) is 0 Å². The molecule has 66 valence electrons. The van der Waals surface area contributed by atoms with Crippen molar-refractivity contribution >= 4 is 24.4 Å². The van der Waals surface area contributed by atoms with E-state index in [0.717, 1.165) is 11.0 Å². The van der Waals surface area contributed by atoms with Crippen molar-refractivity contribution in [3.63, 3.8) is 0 Å². The topological polar surface area (TPSA) is 3.24 Å². The van der Waals surface area contributed by atoms with E-state index in [0.29, 0.717) is 0 Å². The third-order valence-corrected chi connectivity index (χ3v) is 3.67. The maximum Gasteiger partial charge on any atom is 0.0172 e. The monoisotopic (exact) mass is 191 g/mol. The summed E-state index contributed by atoms with van der Waals surface area (Å²) in [6, 6.07) is 0. The third kappa shape index (κ3) is 3.26. The van der Waals surface area contributed by atoms with Gasteiger partial charge in [0, 0.05) is 36.4 Å². The van der Waals surface area contributed by atoms with Crippen molar-refractivity contribution in [2.45, 2.75) is 18.6 Å². The molecule has 1 heterocycles. The fourth-order valence-electron chi connectivity index (χ4n) is 1.37. The van der Waals surface area contributed by atoms with Gasteiger partial charge in [-0.1, -0.05) is 6.92 Å². The third-order valence-electron chi connectivity index (χ3n) is 2.09. The molecule has 1 aliphatic rings. The van der Waals surface area contributed by atoms with Crippen LogP contribution in [0.5, 0.6) is 0 Å². The summed E-state index contributed by atoms with van der Waals surface area (Å²) in [7, 11) is 0. The highest BCUT2D eigenvalue weighted by atomic mass is 32.2. The van der Waals surface area contributed by atoms with Crippen molar-refractivity contribution in [1.29, 1.82) is 0 Å². The Balaban J connectivity index is 2.21. The highest BCUT2D eigenvalue weighted by Crippen LogP contribution is 2.20. The molecule has 0 aromatic heterocycles. The largest absolute Gasteiger partial charge is 0.301 e. The fraction of sp³-hybridized carbons (Fsp3) is 1.00. The molecule has 0 aliphatic carbocycles. The van der Waals surface area contributed by atoms with Crippen LogP contribution in [0.1, 0.15) is 13.3 Å². The van der Waals surface area contributed by atoms with Crippen LogP contribution < -0.4 is 0 Å². The SMILES string of the molecule is CCC1CN(CCS)CCS1. The Kier molecular flexibility index (Phi) is 4.72. The highest BCUT2D eigenvalue weighted by molar-refractivity contribution is 8.00. The molecule has 1 unspecified atom stereocenters. The molecule has 0 aromatic rings. The fourth-order valence-corrected chi connectivity index (χ4v) is 2.90. The lowest BCUT2D eigenvalue weighted by molar-refractivity contribution is 0.299. The van der Waals surface area contributed by atoms with Gasteiger partial charge in [0.1, 0.15) is 0 Å². The zero-order valence-electron chi connectivity index (χ0n) is 7.12. The van der Waals surface area contributed by atoms with E-state index in [1.165, 1.54) is 31.8 Å². The van der Waals surface area contributed by atoms with Crippen LogP contribution in [-0.2, 0) is 0 Å². The van der Waals surface area contributed by atoms with Gasteiger partial charge in [-0.2, -0.15) is 24.4 Å². The molecule has 1 fully saturated rings. The van der Waals surface area contributed by atoms with E-state index in [1.54, 1.807) is 0 Å². The number of hydrogen-bond acceptors (Lipinski definition) is 3. The molecule has 1 aliphatic heterocycles. The summed E-state index contributed by atoms with van der Waals surface area (Å²) in [5.74, 6) is 2.31. The minimum absolute atomic E-state index is 0.878. The highest BCUT2D eigenvalue weighted by Gasteiger charge is 2.17. The number of thiol groups is 1. The number of thioether (sulfide) groups is 1. The lowest BCUT2D eigenvalue weighted by atomic mass is 10.3. The molecule has 1 saturated heterocycles. The van der Waals surface area contributed by atoms with Crippen LogP contribution in [0.15, 0.2) is 0 Å². The van der Waals surface area contributed by atoms with Crippen LogP contribution in [0.25, 0.3) is 0 Å². The average molecular weight is 191 g/mol. The van der Waals surface area contributed by atoms with Crippen molar-refractivity contribution in [3.05, 3.63) is 0 Å². The van der Waals surface area contributed by atoms with Gasteiger partial charge in [-0.15, -0.1) is 0 Å².